The van der Waals surface area contributed by atoms with Gasteiger partial charge in [0.05, 0.1) is 0 Å². The number of hydrogen-bond acceptors (Lipinski definition) is 3. The monoisotopic (exact) mass is 98.1 g/mol. The van der Waals surface area contributed by atoms with Crippen molar-refractivity contribution < 1.29 is 4.79 Å². The number of amides is 2. The van der Waals surface area contributed by atoms with Crippen LogP contribution in [-0.2, 0) is 0 Å². The van der Waals surface area contributed by atoms with Crippen molar-refractivity contribution in [2.45, 2.75) is 0 Å². The molecule has 0 aromatic carbocycles. The third kappa shape index (κ3) is 5.79. The van der Waals surface area contributed by atoms with Gasteiger partial charge in [0, 0.05) is 0 Å². The zero-order valence-corrected chi connectivity index (χ0v) is 3.06. The fourth-order valence-electron chi connectivity index (χ4n) is 0.0417. The fourth-order valence-corrected chi connectivity index (χ4v) is 0.0417. The van der Waals surface area contributed by atoms with Gasteiger partial charge in [-0.3, -0.25) is 10.9 Å². The van der Waals surface area contributed by atoms with Crippen LogP contribution in [0.4, 0.5) is 4.79 Å². The Bertz CT molecular complexity index is 49.7. The number of carbonyl (C=O) groups excluding carboxylic acids is 1. The second-order valence-corrected chi connectivity index (χ2v) is 0.618. The fraction of sp³-hybridized carbons (Fsp3) is 0. The normalized spacial score (nSPS) is 6.00. The van der Waals surface area contributed by atoms with Crippen molar-refractivity contribution in [3.05, 3.63) is 0 Å². The molecule has 38 valence electrons. The van der Waals surface area contributed by atoms with E-state index >= 15 is 0 Å². The molecule has 0 saturated carbocycles. The van der Waals surface area contributed by atoms with Crippen LogP contribution in [0.2, 0.25) is 0 Å². The molecule has 0 spiro atoms. The molecular formula is CH7LiN4O. The van der Waals surface area contributed by atoms with Gasteiger partial charge in [-0.05, 0) is 0 Å². The van der Waals surface area contributed by atoms with E-state index in [0.717, 1.165) is 0 Å². The first-order chi connectivity index (χ1) is 2.81. The van der Waals surface area contributed by atoms with Crippen LogP contribution >= 0.6 is 0 Å². The summed E-state index contributed by atoms with van der Waals surface area (Å²) in [5.41, 5.74) is 3.48. The molecule has 7 heavy (non-hydrogen) atoms. The maximum atomic E-state index is 9.71. The molecule has 0 saturated heterocycles. The summed E-state index contributed by atoms with van der Waals surface area (Å²) in [5, 5.41) is 0. The summed E-state index contributed by atoms with van der Waals surface area (Å²) in [5.74, 6) is 9.08. The van der Waals surface area contributed by atoms with Gasteiger partial charge in [-0.2, -0.15) is 0 Å². The first-order valence-electron chi connectivity index (χ1n) is 1.28. The van der Waals surface area contributed by atoms with E-state index in [0.29, 0.717) is 0 Å². The van der Waals surface area contributed by atoms with Crippen molar-refractivity contribution in [2.75, 3.05) is 0 Å². The third-order valence-electron chi connectivity index (χ3n) is 0.262. The first kappa shape index (κ1) is 9.92. The standard InChI is InChI=1S/CH6N4O.Li.H/c2-4-1(6)5-3;;/h2-3H2,(H2,4,5,6);;. The van der Waals surface area contributed by atoms with Crippen LogP contribution in [-0.4, -0.2) is 24.9 Å². The van der Waals surface area contributed by atoms with E-state index in [9.17, 15) is 4.79 Å². The summed E-state index contributed by atoms with van der Waals surface area (Å²) in [7, 11) is 0. The number of hydrogen-bond donors (Lipinski definition) is 4. The van der Waals surface area contributed by atoms with Crippen LogP contribution < -0.4 is 22.5 Å². The molecule has 0 aliphatic carbocycles. The minimum atomic E-state index is -0.602. The third-order valence-corrected chi connectivity index (χ3v) is 0.262. The number of hydrazine groups is 2. The van der Waals surface area contributed by atoms with Gasteiger partial charge < -0.3 is 0 Å². The molecule has 0 rings (SSSR count). The van der Waals surface area contributed by atoms with Gasteiger partial charge in [0.15, 0.2) is 0 Å². The average Bonchev–Trinajstić information content (AvgIpc) is 1.65. The number of urea groups is 1. The molecule has 0 fully saturated rings. The van der Waals surface area contributed by atoms with Crippen LogP contribution in [0.25, 0.3) is 0 Å². The molecule has 0 bridgehead atoms. The molecule has 0 aromatic heterocycles. The molecule has 5 nitrogen and oxygen atoms in total. The molecule has 0 aliphatic heterocycles. The SMILES string of the molecule is NNC(=O)NN.[LiH]. The first-order valence-corrected chi connectivity index (χ1v) is 1.28. The molecule has 0 atom stereocenters. The predicted molar refractivity (Wildman–Crippen MR) is 27.2 cm³/mol. The Morgan fingerprint density at radius 1 is 1.29 bits per heavy atom. The Morgan fingerprint density at radius 3 is 1.57 bits per heavy atom. The topological polar surface area (TPSA) is 93.2 Å². The van der Waals surface area contributed by atoms with Crippen LogP contribution in [0, 0.1) is 0 Å². The second-order valence-electron chi connectivity index (χ2n) is 0.618. The molecule has 0 radical (unpaired) electrons. The van der Waals surface area contributed by atoms with Crippen molar-refractivity contribution in [1.29, 1.82) is 0 Å². The average molecular weight is 98.0 g/mol. The molecule has 0 heterocycles. The van der Waals surface area contributed by atoms with E-state index in [1.807, 2.05) is 0 Å². The van der Waals surface area contributed by atoms with E-state index in [2.05, 4.69) is 11.7 Å². The Labute approximate surface area is 52.9 Å². The van der Waals surface area contributed by atoms with Crippen molar-refractivity contribution in [1.82, 2.24) is 10.9 Å². The number of nitrogens with one attached hydrogen (secondary N) is 2. The Balaban J connectivity index is 0. The summed E-state index contributed by atoms with van der Waals surface area (Å²) in [6.45, 7) is 0. The molecular weight excluding hydrogens is 91.0 g/mol. The number of nitrogens with two attached hydrogens (primary N) is 2. The summed E-state index contributed by atoms with van der Waals surface area (Å²) in [6.07, 6.45) is 0. The maximum absolute atomic E-state index is 9.71. The van der Waals surface area contributed by atoms with Crippen LogP contribution in [0.3, 0.4) is 0 Å². The summed E-state index contributed by atoms with van der Waals surface area (Å²) >= 11 is 0. The molecule has 6 N–H and O–H groups in total. The van der Waals surface area contributed by atoms with Crippen molar-refractivity contribution >= 4 is 24.9 Å². The summed E-state index contributed by atoms with van der Waals surface area (Å²) in [6, 6.07) is -0.602. The second kappa shape index (κ2) is 5.79. The number of carbonyl (C=O) groups is 1. The van der Waals surface area contributed by atoms with Gasteiger partial charge in [-0.1, -0.05) is 0 Å². The molecule has 2 amide bonds. The minimum absolute atomic E-state index is 0. The molecule has 0 aromatic rings. The zero-order valence-electron chi connectivity index (χ0n) is 3.06. The van der Waals surface area contributed by atoms with E-state index in [1.165, 1.54) is 0 Å². The molecule has 6 heteroatoms. The van der Waals surface area contributed by atoms with Crippen molar-refractivity contribution in [3.63, 3.8) is 0 Å². The van der Waals surface area contributed by atoms with Gasteiger partial charge in [0.25, 0.3) is 0 Å². The van der Waals surface area contributed by atoms with Gasteiger partial charge in [0.1, 0.15) is 0 Å². The van der Waals surface area contributed by atoms with Gasteiger partial charge in [-0.25, -0.2) is 16.5 Å². The molecule has 0 aliphatic rings. The van der Waals surface area contributed by atoms with E-state index in [1.54, 1.807) is 10.9 Å². The van der Waals surface area contributed by atoms with E-state index < -0.39 is 6.03 Å². The van der Waals surface area contributed by atoms with Gasteiger partial charge in [-0.15, -0.1) is 0 Å². The van der Waals surface area contributed by atoms with E-state index in [4.69, 9.17) is 0 Å². The van der Waals surface area contributed by atoms with Crippen LogP contribution in [0.1, 0.15) is 0 Å². The molecule has 0 unspecified atom stereocenters. The van der Waals surface area contributed by atoms with Gasteiger partial charge in [0.2, 0.25) is 0 Å². The van der Waals surface area contributed by atoms with Crippen molar-refractivity contribution in [2.24, 2.45) is 11.7 Å². The summed E-state index contributed by atoms with van der Waals surface area (Å²) in [4.78, 5) is 9.71. The van der Waals surface area contributed by atoms with Crippen LogP contribution in [0.5, 0.6) is 0 Å². The Kier molecular flexibility index (Phi) is 8.20. The summed E-state index contributed by atoms with van der Waals surface area (Å²) < 4.78 is 0. The number of rotatable bonds is 0. The Morgan fingerprint density at radius 2 is 1.57 bits per heavy atom. The van der Waals surface area contributed by atoms with Crippen molar-refractivity contribution in [3.8, 4) is 0 Å². The van der Waals surface area contributed by atoms with E-state index in [-0.39, 0.29) is 18.9 Å². The quantitative estimate of drug-likeness (QED) is 0.116. The van der Waals surface area contributed by atoms with Crippen LogP contribution in [0.15, 0.2) is 0 Å². The zero-order chi connectivity index (χ0) is 4.99. The van der Waals surface area contributed by atoms with Gasteiger partial charge >= 0.3 is 24.9 Å². The Hall–Kier alpha value is -0.213. The predicted octanol–water partition coefficient (Wildman–Crippen LogP) is -2.62.